The highest BCUT2D eigenvalue weighted by atomic mass is 16.5. The molecule has 2 rings (SSSR count). The van der Waals surface area contributed by atoms with Gasteiger partial charge in [-0.3, -0.25) is 14.9 Å². The number of carbonyl (C=O) groups is 3. The van der Waals surface area contributed by atoms with Crippen LogP contribution in [0.4, 0.5) is 4.79 Å². The van der Waals surface area contributed by atoms with E-state index in [4.69, 9.17) is 13.6 Å². The highest BCUT2D eigenvalue weighted by Crippen LogP contribution is 2.09. The lowest BCUT2D eigenvalue weighted by molar-refractivity contribution is -0.148. The Kier molecular flexibility index (Phi) is 9.73. The quantitative estimate of drug-likeness (QED) is 0.521. The monoisotopic (exact) mass is 460 g/mol. The molecule has 8 heteroatoms. The molecule has 33 heavy (non-hydrogen) atoms. The first-order valence-corrected chi connectivity index (χ1v) is 11.4. The van der Waals surface area contributed by atoms with E-state index in [-0.39, 0.29) is 13.0 Å². The van der Waals surface area contributed by atoms with Gasteiger partial charge in [-0.25, -0.2) is 4.79 Å². The fourth-order valence-electron chi connectivity index (χ4n) is 3.18. The lowest BCUT2D eigenvalue weighted by Crippen LogP contribution is -2.45. The van der Waals surface area contributed by atoms with Crippen LogP contribution in [0.2, 0.25) is 0 Å². The van der Waals surface area contributed by atoms with Crippen LogP contribution in [0, 0.1) is 0 Å². The number of amides is 2. The Morgan fingerprint density at radius 2 is 1.91 bits per heavy atom. The number of carbonyl (C=O) groups excluding carboxylic acids is 3. The van der Waals surface area contributed by atoms with E-state index in [0.717, 1.165) is 32.1 Å². The summed E-state index contributed by atoms with van der Waals surface area (Å²) in [5.74, 6) is -1.91. The normalized spacial score (nSPS) is 23.7. The third-order valence-electron chi connectivity index (χ3n) is 4.95. The molecule has 0 spiro atoms. The van der Waals surface area contributed by atoms with Crippen LogP contribution in [0.1, 0.15) is 68.0 Å². The fraction of sp³-hybridized carbons (Fsp3) is 0.520. The summed E-state index contributed by atoms with van der Waals surface area (Å²) < 4.78 is 34.2. The first-order valence-electron chi connectivity index (χ1n) is 12.9. The summed E-state index contributed by atoms with van der Waals surface area (Å²) in [6.45, 7) is -1.97. The zero-order chi connectivity index (χ0) is 26.4. The molecule has 1 aromatic carbocycles. The molecular formula is C25H35N3O5. The highest BCUT2D eigenvalue weighted by molar-refractivity contribution is 6.01. The second-order valence-electron chi connectivity index (χ2n) is 7.91. The third-order valence-corrected chi connectivity index (χ3v) is 4.95. The summed E-state index contributed by atoms with van der Waals surface area (Å²) in [7, 11) is 0. The number of benzene rings is 1. The van der Waals surface area contributed by atoms with E-state index in [1.54, 1.807) is 31.2 Å². The van der Waals surface area contributed by atoms with Crippen LogP contribution in [-0.2, 0) is 25.7 Å². The number of allylic oxidation sites excluding steroid dienone is 2. The van der Waals surface area contributed by atoms with Gasteiger partial charge in [0.2, 0.25) is 11.9 Å². The summed E-state index contributed by atoms with van der Waals surface area (Å²) in [6.07, 6.45) is 8.32. The van der Waals surface area contributed by atoms with E-state index in [1.807, 2.05) is 6.07 Å². The van der Waals surface area contributed by atoms with Gasteiger partial charge in [0, 0.05) is 17.5 Å². The molecule has 1 atom stereocenters. The minimum atomic E-state index is -2.89. The number of cyclic esters (lactones) is 1. The van der Waals surface area contributed by atoms with Crippen molar-refractivity contribution in [2.75, 3.05) is 13.5 Å². The van der Waals surface area contributed by atoms with Crippen molar-refractivity contribution in [1.82, 2.24) is 10.2 Å². The topological polar surface area (TPSA) is 97.3 Å². The average molecular weight is 461 g/mol. The van der Waals surface area contributed by atoms with Crippen LogP contribution in [0.15, 0.2) is 47.5 Å². The lowest BCUT2D eigenvalue weighted by Gasteiger charge is -2.22. The molecule has 1 N–H and O–H groups in total. The SMILES string of the molecule is [2H]C([2H])([2H])N1CC(=O)O[C@H](C)CCCC/C=C/CCCCC(=O)NC1=NC(=O)OCc1ccccc1. The molecule has 0 unspecified atom stereocenters. The molecule has 0 saturated heterocycles. The standard InChI is InChI=1S/C25H35N3O5/c1-20-14-10-7-5-3-4-6-8-13-17-22(29)26-24(28(2)18-23(30)33-20)27-25(31)32-19-21-15-11-9-12-16-21/h3-4,9,11-12,15-16,20H,5-8,10,13-14,17-19H2,1-2H3,(H,26,27,29,31)/b4-3+/t20-/m1/s1/i2D3. The average Bonchev–Trinajstić information content (AvgIpc) is 2.81. The summed E-state index contributed by atoms with van der Waals surface area (Å²) in [5, 5.41) is 2.39. The predicted molar refractivity (Wildman–Crippen MR) is 126 cm³/mol. The Morgan fingerprint density at radius 1 is 1.18 bits per heavy atom. The van der Waals surface area contributed by atoms with Gasteiger partial charge in [0.25, 0.3) is 0 Å². The first kappa shape index (κ1) is 21.7. The number of guanidine groups is 1. The molecular weight excluding hydrogens is 422 g/mol. The summed E-state index contributed by atoms with van der Waals surface area (Å²) in [4.78, 5) is 41.8. The molecule has 0 saturated carbocycles. The van der Waals surface area contributed by atoms with Crippen molar-refractivity contribution in [2.24, 2.45) is 4.99 Å². The number of aliphatic imine (C=N–C) groups is 1. The molecule has 180 valence electrons. The zero-order valence-electron chi connectivity index (χ0n) is 22.1. The van der Waals surface area contributed by atoms with Crippen LogP contribution in [-0.4, -0.2) is 48.5 Å². The molecule has 0 bridgehead atoms. The van der Waals surface area contributed by atoms with Crippen LogP contribution >= 0.6 is 0 Å². The van der Waals surface area contributed by atoms with Gasteiger partial charge < -0.3 is 14.4 Å². The van der Waals surface area contributed by atoms with Crippen molar-refractivity contribution in [3.63, 3.8) is 0 Å². The van der Waals surface area contributed by atoms with Gasteiger partial charge in [0.15, 0.2) is 0 Å². The summed E-state index contributed by atoms with van der Waals surface area (Å²) in [5.41, 5.74) is 0.707. The predicted octanol–water partition coefficient (Wildman–Crippen LogP) is 4.35. The second-order valence-corrected chi connectivity index (χ2v) is 7.91. The van der Waals surface area contributed by atoms with E-state index in [0.29, 0.717) is 23.3 Å². The Labute approximate surface area is 200 Å². The van der Waals surface area contributed by atoms with Gasteiger partial charge in [-0.05, 0) is 57.4 Å². The molecule has 8 nitrogen and oxygen atoms in total. The van der Waals surface area contributed by atoms with Crippen LogP contribution in [0.25, 0.3) is 0 Å². The molecule has 2 amide bonds. The number of nitrogens with zero attached hydrogens (tertiary/aromatic N) is 2. The molecule has 1 aliphatic heterocycles. The Hall–Kier alpha value is -3.16. The van der Waals surface area contributed by atoms with Gasteiger partial charge >= 0.3 is 12.1 Å². The number of ether oxygens (including phenoxy) is 2. The van der Waals surface area contributed by atoms with Crippen molar-refractivity contribution in [1.29, 1.82) is 0 Å². The molecule has 0 aliphatic carbocycles. The maximum Gasteiger partial charge on any atom is 0.437 e. The largest absolute Gasteiger partial charge is 0.461 e. The highest BCUT2D eigenvalue weighted by Gasteiger charge is 2.18. The smallest absolute Gasteiger partial charge is 0.437 e. The number of esters is 1. The van der Waals surface area contributed by atoms with Crippen molar-refractivity contribution in [3.05, 3.63) is 48.0 Å². The molecule has 0 radical (unpaired) electrons. The van der Waals surface area contributed by atoms with E-state index in [2.05, 4.69) is 22.5 Å². The van der Waals surface area contributed by atoms with E-state index >= 15 is 0 Å². The van der Waals surface area contributed by atoms with Crippen molar-refractivity contribution in [3.8, 4) is 0 Å². The van der Waals surface area contributed by atoms with Crippen LogP contribution < -0.4 is 5.32 Å². The second kappa shape index (κ2) is 14.8. The van der Waals surface area contributed by atoms with E-state index < -0.39 is 43.6 Å². The van der Waals surface area contributed by atoms with Crippen molar-refractivity contribution in [2.45, 2.75) is 71.0 Å². The Balaban J connectivity index is 2.24. The van der Waals surface area contributed by atoms with Gasteiger partial charge in [-0.1, -0.05) is 42.5 Å². The minimum Gasteiger partial charge on any atom is -0.461 e. The van der Waals surface area contributed by atoms with Crippen LogP contribution in [0.3, 0.4) is 0 Å². The van der Waals surface area contributed by atoms with Crippen molar-refractivity contribution >= 4 is 23.9 Å². The van der Waals surface area contributed by atoms with Gasteiger partial charge in [-0.15, -0.1) is 4.99 Å². The fourth-order valence-corrected chi connectivity index (χ4v) is 3.18. The Bertz CT molecular complexity index is 919. The number of likely N-dealkylation sites (N-methyl/N-ethyl adjacent to an activating group) is 1. The van der Waals surface area contributed by atoms with Crippen molar-refractivity contribution < 1.29 is 28.0 Å². The molecule has 0 aromatic heterocycles. The van der Waals surface area contributed by atoms with E-state index in [1.165, 1.54) is 0 Å². The van der Waals surface area contributed by atoms with Crippen LogP contribution in [0.5, 0.6) is 0 Å². The molecule has 1 aromatic rings. The molecule has 1 aliphatic rings. The summed E-state index contributed by atoms with van der Waals surface area (Å²) in [6, 6.07) is 8.87. The third kappa shape index (κ3) is 11.3. The zero-order valence-corrected chi connectivity index (χ0v) is 19.1. The molecule has 1 heterocycles. The first-order chi connectivity index (χ1) is 17.1. The maximum absolute atomic E-state index is 12.6. The number of rotatable bonds is 2. The van der Waals surface area contributed by atoms with Gasteiger partial charge in [0.1, 0.15) is 13.2 Å². The number of hydrogen-bond donors (Lipinski definition) is 1. The van der Waals surface area contributed by atoms with E-state index in [9.17, 15) is 14.4 Å². The number of hydrogen-bond acceptors (Lipinski definition) is 5. The minimum absolute atomic E-state index is 0.0920. The van der Waals surface area contributed by atoms with Gasteiger partial charge in [-0.2, -0.15) is 0 Å². The lowest BCUT2D eigenvalue weighted by atomic mass is 10.1. The Morgan fingerprint density at radius 3 is 2.64 bits per heavy atom. The summed E-state index contributed by atoms with van der Waals surface area (Å²) >= 11 is 0. The molecule has 0 fully saturated rings. The maximum atomic E-state index is 12.6. The number of nitrogens with one attached hydrogen (secondary N) is 1. The van der Waals surface area contributed by atoms with Gasteiger partial charge in [0.05, 0.1) is 6.10 Å².